The fourth-order valence-electron chi connectivity index (χ4n) is 1.27. The van der Waals surface area contributed by atoms with E-state index in [9.17, 15) is 0 Å². The minimum atomic E-state index is 0.545. The third kappa shape index (κ3) is 2.24. The Morgan fingerprint density at radius 3 is 2.57 bits per heavy atom. The predicted octanol–water partition coefficient (Wildman–Crippen LogP) is 4.00. The van der Waals surface area contributed by atoms with E-state index in [-0.39, 0.29) is 0 Å². The zero-order chi connectivity index (χ0) is 10.4. The smallest absolute Gasteiger partial charge is 0.0705 e. The summed E-state index contributed by atoms with van der Waals surface area (Å²) in [7, 11) is 0. The first-order valence-corrected chi connectivity index (χ1v) is 5.34. The maximum absolute atomic E-state index is 5.78. The molecule has 0 saturated carbocycles. The predicted molar refractivity (Wildman–Crippen MR) is 62.6 cm³/mol. The third-order valence-electron chi connectivity index (χ3n) is 1.88. The van der Waals surface area contributed by atoms with E-state index in [4.69, 9.17) is 11.6 Å². The van der Waals surface area contributed by atoms with Gasteiger partial charge >= 0.3 is 0 Å². The average molecular weight is 208 g/mol. The Balaban J connectivity index is 0.000000461. The summed E-state index contributed by atoms with van der Waals surface area (Å²) >= 11 is 5.78. The zero-order valence-electron chi connectivity index (χ0n) is 8.50. The minimum absolute atomic E-state index is 0.545. The number of rotatable bonds is 1. The van der Waals surface area contributed by atoms with E-state index in [1.165, 1.54) is 0 Å². The van der Waals surface area contributed by atoms with Gasteiger partial charge in [-0.15, -0.1) is 11.6 Å². The number of hydrogen-bond acceptors (Lipinski definition) is 1. The Morgan fingerprint density at radius 2 is 1.86 bits per heavy atom. The monoisotopic (exact) mass is 207 g/mol. The maximum atomic E-state index is 5.78. The first-order chi connectivity index (χ1) is 6.92. The molecule has 0 amide bonds. The second kappa shape index (κ2) is 5.61. The quantitative estimate of drug-likeness (QED) is 0.645. The second-order valence-corrected chi connectivity index (χ2v) is 2.89. The summed E-state index contributed by atoms with van der Waals surface area (Å²) in [4.78, 5) is 4.23. The van der Waals surface area contributed by atoms with Crippen LogP contribution in [0.2, 0.25) is 0 Å². The molecule has 74 valence electrons. The fraction of sp³-hybridized carbons (Fsp3) is 0.250. The van der Waals surface area contributed by atoms with Gasteiger partial charge in [-0.25, -0.2) is 0 Å². The highest BCUT2D eigenvalue weighted by Gasteiger charge is 1.97. The lowest BCUT2D eigenvalue weighted by Gasteiger charge is -2.00. The van der Waals surface area contributed by atoms with Crippen LogP contribution in [0.15, 0.2) is 36.5 Å². The zero-order valence-corrected chi connectivity index (χ0v) is 9.25. The van der Waals surface area contributed by atoms with Crippen molar-refractivity contribution in [3.8, 4) is 0 Å². The van der Waals surface area contributed by atoms with Gasteiger partial charge in [0.15, 0.2) is 0 Å². The molecular formula is C12H14ClN. The van der Waals surface area contributed by atoms with Crippen molar-refractivity contribution in [2.45, 2.75) is 19.7 Å². The summed E-state index contributed by atoms with van der Waals surface area (Å²) < 4.78 is 0. The molecule has 0 bridgehead atoms. The molecule has 0 fully saturated rings. The van der Waals surface area contributed by atoms with Crippen molar-refractivity contribution < 1.29 is 0 Å². The molecule has 14 heavy (non-hydrogen) atoms. The molecular weight excluding hydrogens is 194 g/mol. The Morgan fingerprint density at radius 1 is 1.14 bits per heavy atom. The SMILES string of the molecule is CC.ClCc1ccnc2ccccc12. The summed E-state index contributed by atoms with van der Waals surface area (Å²) in [5.41, 5.74) is 2.15. The van der Waals surface area contributed by atoms with Gasteiger partial charge in [0.1, 0.15) is 0 Å². The van der Waals surface area contributed by atoms with E-state index in [0.29, 0.717) is 5.88 Å². The molecule has 0 saturated heterocycles. The number of hydrogen-bond donors (Lipinski definition) is 0. The van der Waals surface area contributed by atoms with Crippen LogP contribution in [0, 0.1) is 0 Å². The van der Waals surface area contributed by atoms with Crippen LogP contribution in [-0.4, -0.2) is 4.98 Å². The first-order valence-electron chi connectivity index (χ1n) is 4.80. The van der Waals surface area contributed by atoms with Gasteiger partial charge < -0.3 is 0 Å². The normalized spacial score (nSPS) is 9.36. The van der Waals surface area contributed by atoms with Crippen LogP contribution < -0.4 is 0 Å². The number of pyridine rings is 1. The molecule has 0 aliphatic carbocycles. The molecule has 1 aromatic carbocycles. The van der Waals surface area contributed by atoms with Crippen molar-refractivity contribution in [1.82, 2.24) is 4.98 Å². The van der Waals surface area contributed by atoms with Gasteiger partial charge in [-0.1, -0.05) is 32.0 Å². The molecule has 0 aliphatic rings. The molecule has 2 aromatic rings. The number of para-hydroxylation sites is 1. The van der Waals surface area contributed by atoms with Gasteiger partial charge in [0.25, 0.3) is 0 Å². The van der Waals surface area contributed by atoms with Crippen LogP contribution in [-0.2, 0) is 5.88 Å². The standard InChI is InChI=1S/C10H8ClN.C2H6/c11-7-8-5-6-12-10-4-2-1-3-9(8)10;1-2/h1-6H,7H2;1-2H3. The fourth-order valence-corrected chi connectivity index (χ4v) is 1.50. The lowest BCUT2D eigenvalue weighted by atomic mass is 10.1. The van der Waals surface area contributed by atoms with Crippen LogP contribution in [0.3, 0.4) is 0 Å². The van der Waals surface area contributed by atoms with Crippen LogP contribution in [0.25, 0.3) is 10.9 Å². The van der Waals surface area contributed by atoms with Gasteiger partial charge in [-0.2, -0.15) is 0 Å². The second-order valence-electron chi connectivity index (χ2n) is 2.62. The summed E-state index contributed by atoms with van der Waals surface area (Å²) in [6.07, 6.45) is 1.79. The Labute approximate surface area is 89.7 Å². The van der Waals surface area contributed by atoms with Crippen LogP contribution >= 0.6 is 11.6 Å². The van der Waals surface area contributed by atoms with Gasteiger partial charge in [-0.05, 0) is 17.7 Å². The van der Waals surface area contributed by atoms with Crippen LogP contribution in [0.1, 0.15) is 19.4 Å². The number of nitrogens with zero attached hydrogens (tertiary/aromatic N) is 1. The minimum Gasteiger partial charge on any atom is -0.256 e. The molecule has 1 aromatic heterocycles. The van der Waals surface area contributed by atoms with E-state index in [1.807, 2.05) is 44.2 Å². The summed E-state index contributed by atoms with van der Waals surface area (Å²) in [5.74, 6) is 0.545. The molecule has 0 spiro atoms. The third-order valence-corrected chi connectivity index (χ3v) is 2.17. The summed E-state index contributed by atoms with van der Waals surface area (Å²) in [6, 6.07) is 9.97. The average Bonchev–Trinajstić information content (AvgIpc) is 2.31. The number of halogens is 1. The van der Waals surface area contributed by atoms with Crippen molar-refractivity contribution >= 4 is 22.5 Å². The summed E-state index contributed by atoms with van der Waals surface area (Å²) in [5, 5.41) is 1.15. The van der Waals surface area contributed by atoms with Crippen LogP contribution in [0.5, 0.6) is 0 Å². The van der Waals surface area contributed by atoms with E-state index in [2.05, 4.69) is 4.98 Å². The van der Waals surface area contributed by atoms with Crippen molar-refractivity contribution in [2.75, 3.05) is 0 Å². The molecule has 0 radical (unpaired) electrons. The molecule has 1 nitrogen and oxygen atoms in total. The molecule has 2 heteroatoms. The Bertz CT molecular complexity index is 393. The number of benzene rings is 1. The molecule has 2 rings (SSSR count). The molecule has 0 N–H and O–H groups in total. The highest BCUT2D eigenvalue weighted by Crippen LogP contribution is 2.17. The van der Waals surface area contributed by atoms with Gasteiger partial charge in [-0.3, -0.25) is 4.98 Å². The van der Waals surface area contributed by atoms with Gasteiger partial charge in [0.05, 0.1) is 5.52 Å². The van der Waals surface area contributed by atoms with Gasteiger partial charge in [0, 0.05) is 17.5 Å². The molecule has 1 heterocycles. The van der Waals surface area contributed by atoms with Crippen molar-refractivity contribution in [3.63, 3.8) is 0 Å². The molecule has 0 aliphatic heterocycles. The van der Waals surface area contributed by atoms with E-state index < -0.39 is 0 Å². The highest BCUT2D eigenvalue weighted by atomic mass is 35.5. The number of aromatic nitrogens is 1. The van der Waals surface area contributed by atoms with E-state index in [1.54, 1.807) is 6.20 Å². The van der Waals surface area contributed by atoms with Crippen LogP contribution in [0.4, 0.5) is 0 Å². The molecule has 0 atom stereocenters. The summed E-state index contributed by atoms with van der Waals surface area (Å²) in [6.45, 7) is 4.00. The van der Waals surface area contributed by atoms with E-state index >= 15 is 0 Å². The Kier molecular flexibility index (Phi) is 4.41. The molecule has 0 unspecified atom stereocenters. The lowest BCUT2D eigenvalue weighted by Crippen LogP contribution is -1.83. The first kappa shape index (κ1) is 11.0. The Hall–Kier alpha value is -1.08. The maximum Gasteiger partial charge on any atom is 0.0705 e. The largest absolute Gasteiger partial charge is 0.256 e. The number of fused-ring (bicyclic) bond motifs is 1. The highest BCUT2D eigenvalue weighted by molar-refractivity contribution is 6.17. The van der Waals surface area contributed by atoms with Crippen molar-refractivity contribution in [1.29, 1.82) is 0 Å². The number of alkyl halides is 1. The van der Waals surface area contributed by atoms with Crippen molar-refractivity contribution in [2.24, 2.45) is 0 Å². The topological polar surface area (TPSA) is 12.9 Å². The lowest BCUT2D eigenvalue weighted by molar-refractivity contribution is 1.34. The van der Waals surface area contributed by atoms with E-state index in [0.717, 1.165) is 16.5 Å². The van der Waals surface area contributed by atoms with Gasteiger partial charge in [0.2, 0.25) is 0 Å². The van der Waals surface area contributed by atoms with Crippen molar-refractivity contribution in [3.05, 3.63) is 42.1 Å².